The largest absolute Gasteiger partial charge is 0.349 e. The molecule has 0 heterocycles. The summed E-state index contributed by atoms with van der Waals surface area (Å²) in [5.74, 6) is 0.0270. The van der Waals surface area contributed by atoms with Crippen LogP contribution in [0.3, 0.4) is 0 Å². The minimum absolute atomic E-state index is 0.0187. The van der Waals surface area contributed by atoms with Crippen LogP contribution in [0.2, 0.25) is 5.02 Å². The molecule has 1 amide bonds. The van der Waals surface area contributed by atoms with Gasteiger partial charge in [-0.05, 0) is 41.8 Å². The molecule has 0 aliphatic carbocycles. The summed E-state index contributed by atoms with van der Waals surface area (Å²) in [7, 11) is 0. The molecule has 0 fully saturated rings. The number of benzene rings is 2. The van der Waals surface area contributed by atoms with Crippen molar-refractivity contribution in [1.29, 1.82) is 0 Å². The van der Waals surface area contributed by atoms with Crippen LogP contribution in [-0.2, 0) is 11.2 Å². The van der Waals surface area contributed by atoms with E-state index < -0.39 is 0 Å². The van der Waals surface area contributed by atoms with E-state index >= 15 is 0 Å². The highest BCUT2D eigenvalue weighted by molar-refractivity contribution is 9.10. The lowest BCUT2D eigenvalue weighted by molar-refractivity contribution is -0.121. The maximum atomic E-state index is 12.2. The van der Waals surface area contributed by atoms with E-state index in [0.717, 1.165) is 22.0 Å². The Hall–Kier alpha value is -1.32. The number of carbonyl (C=O) groups is 1. The first-order valence-corrected chi connectivity index (χ1v) is 8.05. The van der Waals surface area contributed by atoms with Crippen LogP contribution in [0.4, 0.5) is 0 Å². The number of hydrogen-bond acceptors (Lipinski definition) is 1. The number of amides is 1. The lowest BCUT2D eigenvalue weighted by Gasteiger charge is -2.17. The summed E-state index contributed by atoms with van der Waals surface area (Å²) in [6.07, 6.45) is 1.23. The van der Waals surface area contributed by atoms with Gasteiger partial charge >= 0.3 is 0 Å². The van der Waals surface area contributed by atoms with Gasteiger partial charge in [0.25, 0.3) is 0 Å². The lowest BCUT2D eigenvalue weighted by Crippen LogP contribution is -2.29. The first kappa shape index (κ1) is 16.1. The second-order valence-corrected chi connectivity index (χ2v) is 6.24. The molecule has 4 heteroatoms. The van der Waals surface area contributed by atoms with Gasteiger partial charge in [-0.1, -0.05) is 58.7 Å². The second-order valence-electron chi connectivity index (χ2n) is 4.88. The molecule has 21 heavy (non-hydrogen) atoms. The molecular formula is C17H17BrClNO. The van der Waals surface area contributed by atoms with Crippen LogP contribution in [0.15, 0.2) is 53.0 Å². The van der Waals surface area contributed by atoms with E-state index in [-0.39, 0.29) is 11.9 Å². The molecule has 0 radical (unpaired) electrons. The number of hydrogen-bond donors (Lipinski definition) is 1. The van der Waals surface area contributed by atoms with Gasteiger partial charge in [0.05, 0.1) is 12.5 Å². The zero-order chi connectivity index (χ0) is 15.2. The molecule has 2 aromatic carbocycles. The number of carbonyl (C=O) groups excluding carboxylic acids is 1. The Kier molecular flexibility index (Phi) is 5.83. The zero-order valence-corrected chi connectivity index (χ0v) is 14.1. The highest BCUT2D eigenvalue weighted by Crippen LogP contribution is 2.19. The van der Waals surface area contributed by atoms with Crippen LogP contribution < -0.4 is 5.32 Å². The van der Waals surface area contributed by atoms with Crippen LogP contribution in [0.1, 0.15) is 30.5 Å². The van der Waals surface area contributed by atoms with E-state index in [0.29, 0.717) is 11.4 Å². The maximum absolute atomic E-state index is 12.2. The van der Waals surface area contributed by atoms with Crippen LogP contribution in [0.25, 0.3) is 0 Å². The number of halogens is 2. The topological polar surface area (TPSA) is 29.1 Å². The molecule has 0 saturated heterocycles. The standard InChI is InChI=1S/C17H17BrClNO/c1-2-16(13-5-9-15(19)10-6-13)20-17(21)11-12-3-7-14(18)8-4-12/h3-10,16H,2,11H2,1H3,(H,20,21). The quantitative estimate of drug-likeness (QED) is 0.800. The molecule has 0 aliphatic heterocycles. The predicted octanol–water partition coefficient (Wildman–Crippen LogP) is 4.91. The zero-order valence-electron chi connectivity index (χ0n) is 11.8. The van der Waals surface area contributed by atoms with Gasteiger partial charge < -0.3 is 5.32 Å². The summed E-state index contributed by atoms with van der Waals surface area (Å²) in [5.41, 5.74) is 2.08. The molecule has 2 aromatic rings. The van der Waals surface area contributed by atoms with E-state index in [1.54, 1.807) is 0 Å². The third kappa shape index (κ3) is 4.87. The number of rotatable bonds is 5. The number of nitrogens with one attached hydrogen (secondary N) is 1. The van der Waals surface area contributed by atoms with Crippen molar-refractivity contribution in [3.63, 3.8) is 0 Å². The monoisotopic (exact) mass is 365 g/mol. The van der Waals surface area contributed by atoms with E-state index in [2.05, 4.69) is 28.2 Å². The fraction of sp³-hybridized carbons (Fsp3) is 0.235. The first-order valence-electron chi connectivity index (χ1n) is 6.87. The average molecular weight is 367 g/mol. The molecule has 0 spiro atoms. The molecule has 1 unspecified atom stereocenters. The maximum Gasteiger partial charge on any atom is 0.224 e. The van der Waals surface area contributed by atoms with Crippen molar-refractivity contribution in [3.05, 3.63) is 69.2 Å². The van der Waals surface area contributed by atoms with Gasteiger partial charge in [-0.3, -0.25) is 4.79 Å². The molecule has 0 aliphatic rings. The summed E-state index contributed by atoms with van der Waals surface area (Å²) in [6.45, 7) is 2.05. The van der Waals surface area contributed by atoms with Gasteiger partial charge in [-0.25, -0.2) is 0 Å². The van der Waals surface area contributed by atoms with Crippen LogP contribution in [-0.4, -0.2) is 5.91 Å². The minimum atomic E-state index is 0.0187. The van der Waals surface area contributed by atoms with Crippen molar-refractivity contribution in [2.45, 2.75) is 25.8 Å². The van der Waals surface area contributed by atoms with E-state index in [4.69, 9.17) is 11.6 Å². The fourth-order valence-electron chi connectivity index (χ4n) is 2.15. The fourth-order valence-corrected chi connectivity index (χ4v) is 2.54. The molecule has 2 nitrogen and oxygen atoms in total. The lowest BCUT2D eigenvalue weighted by atomic mass is 10.0. The summed E-state index contributed by atoms with van der Waals surface area (Å²) in [4.78, 5) is 12.2. The van der Waals surface area contributed by atoms with Gasteiger partial charge in [-0.15, -0.1) is 0 Å². The molecule has 0 saturated carbocycles. The Morgan fingerprint density at radius 3 is 2.33 bits per heavy atom. The van der Waals surface area contributed by atoms with Crippen LogP contribution >= 0.6 is 27.5 Å². The SMILES string of the molecule is CCC(NC(=O)Cc1ccc(Br)cc1)c1ccc(Cl)cc1. The van der Waals surface area contributed by atoms with Gasteiger partial charge in [-0.2, -0.15) is 0 Å². The molecule has 1 N–H and O–H groups in total. The van der Waals surface area contributed by atoms with Crippen molar-refractivity contribution >= 4 is 33.4 Å². The third-order valence-electron chi connectivity index (χ3n) is 3.29. The Morgan fingerprint density at radius 1 is 1.14 bits per heavy atom. The van der Waals surface area contributed by atoms with E-state index in [9.17, 15) is 4.79 Å². The van der Waals surface area contributed by atoms with Crippen LogP contribution in [0, 0.1) is 0 Å². The third-order valence-corrected chi connectivity index (χ3v) is 4.07. The average Bonchev–Trinajstić information content (AvgIpc) is 2.48. The molecule has 0 aromatic heterocycles. The van der Waals surface area contributed by atoms with Crippen molar-refractivity contribution in [3.8, 4) is 0 Å². The molecule has 1 atom stereocenters. The second kappa shape index (κ2) is 7.62. The van der Waals surface area contributed by atoms with E-state index in [1.807, 2.05) is 48.5 Å². The Morgan fingerprint density at radius 2 is 1.76 bits per heavy atom. The Bertz CT molecular complexity index is 595. The molecule has 0 bridgehead atoms. The highest BCUT2D eigenvalue weighted by atomic mass is 79.9. The van der Waals surface area contributed by atoms with Crippen molar-refractivity contribution in [1.82, 2.24) is 5.32 Å². The normalized spacial score (nSPS) is 12.0. The van der Waals surface area contributed by atoms with Crippen molar-refractivity contribution < 1.29 is 4.79 Å². The predicted molar refractivity (Wildman–Crippen MR) is 90.5 cm³/mol. The Labute approximate surface area is 138 Å². The summed E-state index contributed by atoms with van der Waals surface area (Å²) in [6, 6.07) is 15.4. The molecule has 2 rings (SSSR count). The van der Waals surface area contributed by atoms with Crippen molar-refractivity contribution in [2.24, 2.45) is 0 Å². The highest BCUT2D eigenvalue weighted by Gasteiger charge is 2.13. The summed E-state index contributed by atoms with van der Waals surface area (Å²) in [5, 5.41) is 3.78. The summed E-state index contributed by atoms with van der Waals surface area (Å²) >= 11 is 9.28. The minimum Gasteiger partial charge on any atom is -0.349 e. The van der Waals surface area contributed by atoms with Gasteiger partial charge in [0.2, 0.25) is 5.91 Å². The first-order chi connectivity index (χ1) is 10.1. The smallest absolute Gasteiger partial charge is 0.224 e. The van der Waals surface area contributed by atoms with Crippen molar-refractivity contribution in [2.75, 3.05) is 0 Å². The summed E-state index contributed by atoms with van der Waals surface area (Å²) < 4.78 is 1.01. The van der Waals surface area contributed by atoms with Gasteiger partial charge in [0.15, 0.2) is 0 Å². The van der Waals surface area contributed by atoms with Crippen LogP contribution in [0.5, 0.6) is 0 Å². The van der Waals surface area contributed by atoms with Gasteiger partial charge in [0.1, 0.15) is 0 Å². The molecular weight excluding hydrogens is 350 g/mol. The Balaban J connectivity index is 1.99. The molecule has 110 valence electrons. The van der Waals surface area contributed by atoms with Gasteiger partial charge in [0, 0.05) is 9.50 Å². The van der Waals surface area contributed by atoms with E-state index in [1.165, 1.54) is 0 Å².